The van der Waals surface area contributed by atoms with Gasteiger partial charge in [-0.25, -0.2) is 0 Å². The van der Waals surface area contributed by atoms with Crippen molar-refractivity contribution in [3.8, 4) is 11.5 Å². The molecule has 1 aromatic heterocycles. The zero-order valence-electron chi connectivity index (χ0n) is 8.43. The van der Waals surface area contributed by atoms with Gasteiger partial charge in [-0.15, -0.1) is 0 Å². The van der Waals surface area contributed by atoms with E-state index in [-0.39, 0.29) is 6.61 Å². The van der Waals surface area contributed by atoms with Crippen LogP contribution in [0.4, 0.5) is 0 Å². The highest BCUT2D eigenvalue weighted by Crippen LogP contribution is 2.26. The van der Waals surface area contributed by atoms with Gasteiger partial charge in [0.15, 0.2) is 5.75 Å². The van der Waals surface area contributed by atoms with Crippen molar-refractivity contribution in [3.05, 3.63) is 52.8 Å². The maximum Gasteiger partial charge on any atom is 0.151 e. The third-order valence-corrected chi connectivity index (χ3v) is 2.56. The summed E-state index contributed by atoms with van der Waals surface area (Å²) >= 11 is 3.37. The first-order valence-electron chi connectivity index (χ1n) is 4.77. The molecule has 16 heavy (non-hydrogen) atoms. The maximum atomic E-state index is 9.13. The number of aromatic nitrogens is 1. The highest BCUT2D eigenvalue weighted by molar-refractivity contribution is 9.10. The first-order chi connectivity index (χ1) is 7.79. The smallest absolute Gasteiger partial charge is 0.151 e. The van der Waals surface area contributed by atoms with Crippen LogP contribution in [-0.4, -0.2) is 10.1 Å². The molecule has 2 aromatic rings. The Bertz CT molecular complexity index is 488. The van der Waals surface area contributed by atoms with Gasteiger partial charge in [0.05, 0.1) is 12.8 Å². The van der Waals surface area contributed by atoms with Gasteiger partial charge in [0, 0.05) is 16.2 Å². The molecule has 1 heterocycles. The lowest BCUT2D eigenvalue weighted by Gasteiger charge is -2.08. The fraction of sp³-hybridized carbons (Fsp3) is 0.0833. The molecular weight excluding hydrogens is 270 g/mol. The summed E-state index contributed by atoms with van der Waals surface area (Å²) in [5.74, 6) is 1.28. The molecular formula is C12H10BrNO2. The van der Waals surface area contributed by atoms with Crippen LogP contribution in [0.1, 0.15) is 5.56 Å². The van der Waals surface area contributed by atoms with Gasteiger partial charge in [-0.05, 0) is 24.3 Å². The molecule has 2 rings (SSSR count). The molecule has 0 aliphatic carbocycles. The van der Waals surface area contributed by atoms with Gasteiger partial charge >= 0.3 is 0 Å². The first-order valence-corrected chi connectivity index (χ1v) is 5.56. The summed E-state index contributed by atoms with van der Waals surface area (Å²) in [5.41, 5.74) is 0.718. The maximum absolute atomic E-state index is 9.13. The normalized spacial score (nSPS) is 10.1. The standard InChI is InChI=1S/C12H10BrNO2/c13-10-2-1-3-11(6-10)16-12-7-14-5-4-9(12)8-15/h1-7,15H,8H2. The number of halogens is 1. The lowest BCUT2D eigenvalue weighted by Crippen LogP contribution is -1.92. The minimum atomic E-state index is -0.0636. The van der Waals surface area contributed by atoms with Crippen molar-refractivity contribution >= 4 is 15.9 Å². The van der Waals surface area contributed by atoms with Crippen molar-refractivity contribution in [1.29, 1.82) is 0 Å². The van der Waals surface area contributed by atoms with Crippen LogP contribution in [0.2, 0.25) is 0 Å². The van der Waals surface area contributed by atoms with Gasteiger partial charge in [0.1, 0.15) is 5.75 Å². The van der Waals surface area contributed by atoms with Gasteiger partial charge in [-0.3, -0.25) is 4.98 Å². The van der Waals surface area contributed by atoms with Crippen molar-refractivity contribution in [2.75, 3.05) is 0 Å². The lowest BCUT2D eigenvalue weighted by atomic mass is 10.2. The number of aliphatic hydroxyl groups excluding tert-OH is 1. The predicted octanol–water partition coefficient (Wildman–Crippen LogP) is 3.13. The fourth-order valence-corrected chi connectivity index (χ4v) is 1.67. The summed E-state index contributed by atoms with van der Waals surface area (Å²) in [6.45, 7) is -0.0636. The second-order valence-electron chi connectivity index (χ2n) is 3.20. The van der Waals surface area contributed by atoms with Crippen molar-refractivity contribution in [2.45, 2.75) is 6.61 Å². The van der Waals surface area contributed by atoms with Gasteiger partial charge in [-0.2, -0.15) is 0 Å². The summed E-state index contributed by atoms with van der Waals surface area (Å²) in [6, 6.07) is 9.23. The Morgan fingerprint density at radius 2 is 2.19 bits per heavy atom. The van der Waals surface area contributed by atoms with E-state index in [1.807, 2.05) is 24.3 Å². The Morgan fingerprint density at radius 3 is 2.94 bits per heavy atom. The fourth-order valence-electron chi connectivity index (χ4n) is 1.29. The molecule has 0 aliphatic rings. The number of pyridine rings is 1. The molecule has 0 aliphatic heterocycles. The average Bonchev–Trinajstić information content (AvgIpc) is 2.30. The molecule has 0 saturated heterocycles. The van der Waals surface area contributed by atoms with Crippen LogP contribution in [0.15, 0.2) is 47.2 Å². The highest BCUT2D eigenvalue weighted by atomic mass is 79.9. The molecule has 0 unspecified atom stereocenters. The number of hydrogen-bond acceptors (Lipinski definition) is 3. The zero-order chi connectivity index (χ0) is 11.4. The molecule has 82 valence electrons. The van der Waals surface area contributed by atoms with Crippen molar-refractivity contribution in [3.63, 3.8) is 0 Å². The minimum Gasteiger partial charge on any atom is -0.455 e. The Hall–Kier alpha value is -1.39. The van der Waals surface area contributed by atoms with Crippen LogP contribution in [-0.2, 0) is 6.61 Å². The van der Waals surface area contributed by atoms with Crippen LogP contribution in [0.5, 0.6) is 11.5 Å². The minimum absolute atomic E-state index is 0.0636. The van der Waals surface area contributed by atoms with Gasteiger partial charge in [-0.1, -0.05) is 22.0 Å². The highest BCUT2D eigenvalue weighted by Gasteiger charge is 2.03. The van der Waals surface area contributed by atoms with Crippen LogP contribution in [0.25, 0.3) is 0 Å². The Morgan fingerprint density at radius 1 is 1.31 bits per heavy atom. The van der Waals surface area contributed by atoms with E-state index in [9.17, 15) is 0 Å². The second-order valence-corrected chi connectivity index (χ2v) is 4.12. The summed E-state index contributed by atoms with van der Waals surface area (Å²) in [7, 11) is 0. The van der Waals surface area contributed by atoms with Crippen LogP contribution in [0, 0.1) is 0 Å². The molecule has 4 heteroatoms. The van der Waals surface area contributed by atoms with Crippen LogP contribution in [0.3, 0.4) is 0 Å². The number of benzene rings is 1. The van der Waals surface area contributed by atoms with E-state index < -0.39 is 0 Å². The largest absolute Gasteiger partial charge is 0.455 e. The van der Waals surface area contributed by atoms with E-state index in [0.29, 0.717) is 11.5 Å². The topological polar surface area (TPSA) is 42.4 Å². The first kappa shape index (κ1) is 11.1. The Labute approximate surface area is 102 Å². The zero-order valence-corrected chi connectivity index (χ0v) is 10.0. The van der Waals surface area contributed by atoms with Gasteiger partial charge < -0.3 is 9.84 Å². The number of aliphatic hydroxyl groups is 1. The van der Waals surface area contributed by atoms with E-state index in [1.54, 1.807) is 18.5 Å². The second kappa shape index (κ2) is 5.09. The SMILES string of the molecule is OCc1ccncc1Oc1cccc(Br)c1. The third-order valence-electron chi connectivity index (χ3n) is 2.06. The Kier molecular flexibility index (Phi) is 3.54. The molecule has 0 bridgehead atoms. The molecule has 1 aromatic carbocycles. The van der Waals surface area contributed by atoms with Crippen molar-refractivity contribution in [2.24, 2.45) is 0 Å². The summed E-state index contributed by atoms with van der Waals surface area (Å²) in [5, 5.41) is 9.13. The van der Waals surface area contributed by atoms with E-state index in [1.165, 1.54) is 0 Å². The van der Waals surface area contributed by atoms with Crippen molar-refractivity contribution in [1.82, 2.24) is 4.98 Å². The molecule has 3 nitrogen and oxygen atoms in total. The molecule has 0 atom stereocenters. The molecule has 0 amide bonds. The summed E-state index contributed by atoms with van der Waals surface area (Å²) in [6.07, 6.45) is 3.21. The quantitative estimate of drug-likeness (QED) is 0.939. The summed E-state index contributed by atoms with van der Waals surface area (Å²) in [4.78, 5) is 3.96. The van der Waals surface area contributed by atoms with E-state index >= 15 is 0 Å². The monoisotopic (exact) mass is 279 g/mol. The number of nitrogens with zero attached hydrogens (tertiary/aromatic N) is 1. The van der Waals surface area contributed by atoms with E-state index in [4.69, 9.17) is 9.84 Å². The number of ether oxygens (including phenoxy) is 1. The van der Waals surface area contributed by atoms with E-state index in [2.05, 4.69) is 20.9 Å². The predicted molar refractivity (Wildman–Crippen MR) is 64.4 cm³/mol. The molecule has 0 saturated carbocycles. The van der Waals surface area contributed by atoms with Crippen LogP contribution >= 0.6 is 15.9 Å². The average molecular weight is 280 g/mol. The van der Waals surface area contributed by atoms with E-state index in [0.717, 1.165) is 10.0 Å². The molecule has 0 radical (unpaired) electrons. The van der Waals surface area contributed by atoms with Crippen molar-refractivity contribution < 1.29 is 9.84 Å². The Balaban J connectivity index is 2.26. The van der Waals surface area contributed by atoms with Gasteiger partial charge in [0.2, 0.25) is 0 Å². The third kappa shape index (κ3) is 2.59. The molecule has 0 fully saturated rings. The van der Waals surface area contributed by atoms with Crippen LogP contribution < -0.4 is 4.74 Å². The molecule has 1 N–H and O–H groups in total. The number of rotatable bonds is 3. The molecule has 0 spiro atoms. The number of hydrogen-bond donors (Lipinski definition) is 1. The summed E-state index contributed by atoms with van der Waals surface area (Å²) < 4.78 is 6.57. The van der Waals surface area contributed by atoms with Gasteiger partial charge in [0.25, 0.3) is 0 Å². The lowest BCUT2D eigenvalue weighted by molar-refractivity contribution is 0.276.